The third kappa shape index (κ3) is 4.25. The summed E-state index contributed by atoms with van der Waals surface area (Å²) in [6, 6.07) is 3.34. The number of hydrogen-bond donors (Lipinski definition) is 3. The predicted octanol–water partition coefficient (Wildman–Crippen LogP) is 1.65. The van der Waals surface area contributed by atoms with E-state index in [-0.39, 0.29) is 6.54 Å². The molecular weight excluding hydrogens is 254 g/mol. The van der Waals surface area contributed by atoms with Gasteiger partial charge in [-0.05, 0) is 32.9 Å². The maximum atomic E-state index is 13.3. The third-order valence-electron chi connectivity index (χ3n) is 2.98. The Labute approximate surface area is 110 Å². The molecule has 3 N–H and O–H groups in total. The molecule has 0 aliphatic carbocycles. The summed E-state index contributed by atoms with van der Waals surface area (Å²) in [5.74, 6) is -2.25. The van der Waals surface area contributed by atoms with Gasteiger partial charge in [-0.2, -0.15) is 0 Å². The molecular formula is C13H18F2N2O2. The monoisotopic (exact) mass is 272 g/mol. The lowest BCUT2D eigenvalue weighted by atomic mass is 9.99. The second-order valence-corrected chi connectivity index (χ2v) is 4.90. The van der Waals surface area contributed by atoms with Crippen molar-refractivity contribution in [1.82, 2.24) is 5.32 Å². The van der Waals surface area contributed by atoms with Gasteiger partial charge in [0.2, 0.25) is 5.91 Å². The summed E-state index contributed by atoms with van der Waals surface area (Å²) in [4.78, 5) is 11.6. The van der Waals surface area contributed by atoms with Crippen molar-refractivity contribution >= 4 is 11.6 Å². The van der Waals surface area contributed by atoms with E-state index in [9.17, 15) is 18.7 Å². The first-order valence-electron chi connectivity index (χ1n) is 5.91. The molecule has 1 unspecified atom stereocenters. The number of rotatable bonds is 5. The Kier molecular flexibility index (Phi) is 4.97. The van der Waals surface area contributed by atoms with Gasteiger partial charge in [0.1, 0.15) is 17.3 Å². The smallest absolute Gasteiger partial charge is 0.238 e. The number of benzene rings is 1. The zero-order valence-corrected chi connectivity index (χ0v) is 11.1. The number of carbonyl (C=O) groups excluding carboxylic acids is 1. The highest BCUT2D eigenvalue weighted by atomic mass is 19.1. The van der Waals surface area contributed by atoms with Crippen LogP contribution in [0.4, 0.5) is 14.5 Å². The van der Waals surface area contributed by atoms with E-state index in [0.717, 1.165) is 12.1 Å². The summed E-state index contributed by atoms with van der Waals surface area (Å²) >= 11 is 0. The van der Waals surface area contributed by atoms with E-state index in [1.54, 1.807) is 20.8 Å². The SMILES string of the molecule is CC(O)C(C)(C)NCC(=O)Nc1c(F)cccc1F. The summed E-state index contributed by atoms with van der Waals surface area (Å²) in [5.41, 5.74) is -1.14. The summed E-state index contributed by atoms with van der Waals surface area (Å²) in [6.07, 6.45) is -0.675. The molecule has 1 aromatic carbocycles. The van der Waals surface area contributed by atoms with Crippen LogP contribution in [0.1, 0.15) is 20.8 Å². The fraction of sp³-hybridized carbons (Fsp3) is 0.462. The number of carbonyl (C=O) groups is 1. The Morgan fingerprint density at radius 2 is 1.89 bits per heavy atom. The Bertz CT molecular complexity index is 442. The highest BCUT2D eigenvalue weighted by molar-refractivity contribution is 5.92. The molecule has 0 fully saturated rings. The lowest BCUT2D eigenvalue weighted by Crippen LogP contribution is -2.50. The molecule has 0 radical (unpaired) electrons. The fourth-order valence-electron chi connectivity index (χ4n) is 1.26. The van der Waals surface area contributed by atoms with Gasteiger partial charge in [0.15, 0.2) is 0 Å². The molecule has 0 saturated heterocycles. The van der Waals surface area contributed by atoms with Crippen molar-refractivity contribution in [3.63, 3.8) is 0 Å². The number of aliphatic hydroxyl groups excluding tert-OH is 1. The molecule has 19 heavy (non-hydrogen) atoms. The summed E-state index contributed by atoms with van der Waals surface area (Å²) in [5, 5.41) is 14.4. The summed E-state index contributed by atoms with van der Waals surface area (Å²) < 4.78 is 26.6. The van der Waals surface area contributed by atoms with Crippen LogP contribution < -0.4 is 10.6 Å². The standard InChI is InChI=1S/C13H18F2N2O2/c1-8(18)13(2,3)16-7-11(19)17-12-9(14)5-4-6-10(12)15/h4-6,8,16,18H,7H2,1-3H3,(H,17,19). The van der Waals surface area contributed by atoms with Crippen LogP contribution in [-0.2, 0) is 4.79 Å². The van der Waals surface area contributed by atoms with Crippen LogP contribution in [0.3, 0.4) is 0 Å². The van der Waals surface area contributed by atoms with Crippen molar-refractivity contribution in [3.05, 3.63) is 29.8 Å². The largest absolute Gasteiger partial charge is 0.392 e. The second kappa shape index (κ2) is 6.08. The van der Waals surface area contributed by atoms with E-state index in [1.165, 1.54) is 6.07 Å². The Balaban J connectivity index is 2.62. The van der Waals surface area contributed by atoms with Gasteiger partial charge >= 0.3 is 0 Å². The molecule has 1 amide bonds. The molecule has 0 aromatic heterocycles. The third-order valence-corrected chi connectivity index (χ3v) is 2.98. The number of hydrogen-bond acceptors (Lipinski definition) is 3. The minimum Gasteiger partial charge on any atom is -0.392 e. The van der Waals surface area contributed by atoms with E-state index in [4.69, 9.17) is 0 Å². The molecule has 4 nitrogen and oxygen atoms in total. The minimum atomic E-state index is -0.830. The normalized spacial score (nSPS) is 13.2. The molecule has 0 aliphatic heterocycles. The van der Waals surface area contributed by atoms with Crippen molar-refractivity contribution < 1.29 is 18.7 Å². The van der Waals surface area contributed by atoms with Crippen molar-refractivity contribution in [3.8, 4) is 0 Å². The minimum absolute atomic E-state index is 0.161. The average molecular weight is 272 g/mol. The summed E-state index contributed by atoms with van der Waals surface area (Å²) in [6.45, 7) is 4.86. The Hall–Kier alpha value is -1.53. The van der Waals surface area contributed by atoms with E-state index >= 15 is 0 Å². The van der Waals surface area contributed by atoms with Crippen LogP contribution >= 0.6 is 0 Å². The van der Waals surface area contributed by atoms with Crippen LogP contribution in [0, 0.1) is 11.6 Å². The zero-order chi connectivity index (χ0) is 14.6. The van der Waals surface area contributed by atoms with Gasteiger partial charge in [0, 0.05) is 5.54 Å². The van der Waals surface area contributed by atoms with Crippen LogP contribution in [0.2, 0.25) is 0 Å². The molecule has 0 spiro atoms. The van der Waals surface area contributed by atoms with Gasteiger partial charge in [-0.1, -0.05) is 6.07 Å². The second-order valence-electron chi connectivity index (χ2n) is 4.90. The number of halogens is 2. The first-order valence-corrected chi connectivity index (χ1v) is 5.91. The van der Waals surface area contributed by atoms with E-state index in [0.29, 0.717) is 0 Å². The Morgan fingerprint density at radius 3 is 2.37 bits per heavy atom. The Morgan fingerprint density at radius 1 is 1.37 bits per heavy atom. The van der Waals surface area contributed by atoms with Crippen LogP contribution in [0.5, 0.6) is 0 Å². The van der Waals surface area contributed by atoms with Crippen LogP contribution in [0.25, 0.3) is 0 Å². The van der Waals surface area contributed by atoms with Crippen molar-refractivity contribution in [2.75, 3.05) is 11.9 Å². The van der Waals surface area contributed by atoms with Gasteiger partial charge < -0.3 is 15.7 Å². The van der Waals surface area contributed by atoms with Crippen molar-refractivity contribution in [2.45, 2.75) is 32.4 Å². The van der Waals surface area contributed by atoms with Gasteiger partial charge in [0.25, 0.3) is 0 Å². The van der Waals surface area contributed by atoms with E-state index in [2.05, 4.69) is 10.6 Å². The molecule has 106 valence electrons. The first kappa shape index (κ1) is 15.5. The zero-order valence-electron chi connectivity index (χ0n) is 11.1. The van der Waals surface area contributed by atoms with Gasteiger partial charge in [-0.15, -0.1) is 0 Å². The average Bonchev–Trinajstić information content (AvgIpc) is 2.31. The number of aliphatic hydroxyl groups is 1. The fourth-order valence-corrected chi connectivity index (χ4v) is 1.26. The van der Waals surface area contributed by atoms with Crippen LogP contribution in [-0.4, -0.2) is 29.2 Å². The highest BCUT2D eigenvalue weighted by Crippen LogP contribution is 2.17. The number of anilines is 1. The predicted molar refractivity (Wildman–Crippen MR) is 68.8 cm³/mol. The van der Waals surface area contributed by atoms with Gasteiger partial charge in [0.05, 0.1) is 12.6 Å². The number of nitrogens with one attached hydrogen (secondary N) is 2. The molecule has 1 aromatic rings. The molecule has 1 atom stereocenters. The first-order chi connectivity index (χ1) is 8.74. The molecule has 0 heterocycles. The van der Waals surface area contributed by atoms with Gasteiger partial charge in [-0.3, -0.25) is 4.79 Å². The number of para-hydroxylation sites is 1. The molecule has 1 rings (SSSR count). The lowest BCUT2D eigenvalue weighted by Gasteiger charge is -2.29. The van der Waals surface area contributed by atoms with Gasteiger partial charge in [-0.25, -0.2) is 8.78 Å². The van der Waals surface area contributed by atoms with E-state index in [1.807, 2.05) is 0 Å². The van der Waals surface area contributed by atoms with Crippen molar-refractivity contribution in [2.24, 2.45) is 0 Å². The van der Waals surface area contributed by atoms with Crippen molar-refractivity contribution in [1.29, 1.82) is 0 Å². The molecule has 6 heteroatoms. The quantitative estimate of drug-likeness (QED) is 0.764. The number of amides is 1. The topological polar surface area (TPSA) is 61.4 Å². The molecule has 0 bridgehead atoms. The molecule has 0 saturated carbocycles. The highest BCUT2D eigenvalue weighted by Gasteiger charge is 2.24. The lowest BCUT2D eigenvalue weighted by molar-refractivity contribution is -0.116. The summed E-state index contributed by atoms with van der Waals surface area (Å²) in [7, 11) is 0. The van der Waals surface area contributed by atoms with Crippen LogP contribution in [0.15, 0.2) is 18.2 Å². The maximum Gasteiger partial charge on any atom is 0.238 e. The maximum absolute atomic E-state index is 13.3. The van der Waals surface area contributed by atoms with E-state index < -0.39 is 34.9 Å². The molecule has 0 aliphatic rings.